The summed E-state index contributed by atoms with van der Waals surface area (Å²) in [6, 6.07) is 0. The summed E-state index contributed by atoms with van der Waals surface area (Å²) in [5.74, 6) is 1.56. The van der Waals surface area contributed by atoms with Crippen molar-refractivity contribution in [3.63, 3.8) is 0 Å². The molecule has 2 unspecified atom stereocenters. The number of hydrogen-bond donors (Lipinski definition) is 0. The predicted molar refractivity (Wildman–Crippen MR) is 57.2 cm³/mol. The van der Waals surface area contributed by atoms with Crippen LogP contribution in [0.1, 0.15) is 40.5 Å². The zero-order valence-electron chi connectivity index (χ0n) is 8.88. The highest BCUT2D eigenvalue weighted by atomic mass is 14.2. The molecule has 2 atom stereocenters. The standard InChI is InChI=1S/C10H16.C2H6/c1-3-6-10-8-5-4-7-9(10)2;1-2/h4-5,7-10H,3,6H2,1-2H3;1-2H3. The van der Waals surface area contributed by atoms with E-state index >= 15 is 0 Å². The fourth-order valence-corrected chi connectivity index (χ4v) is 1.46. The Morgan fingerprint density at radius 1 is 1.08 bits per heavy atom. The maximum Gasteiger partial charge on any atom is -0.0170 e. The second-order valence-corrected chi connectivity index (χ2v) is 3.08. The molecule has 0 saturated carbocycles. The normalized spacial score (nSPS) is 26.3. The first-order chi connectivity index (χ1) is 5.84. The molecule has 0 heteroatoms. The average Bonchev–Trinajstić information content (AvgIpc) is 2.13. The Balaban J connectivity index is 0.000000561. The Hall–Kier alpha value is -0.520. The first-order valence-electron chi connectivity index (χ1n) is 5.19. The lowest BCUT2D eigenvalue weighted by Crippen LogP contribution is -2.08. The Labute approximate surface area is 77.4 Å². The minimum absolute atomic E-state index is 0.755. The van der Waals surface area contributed by atoms with Gasteiger partial charge in [-0.25, -0.2) is 0 Å². The van der Waals surface area contributed by atoms with Gasteiger partial charge in [-0.1, -0.05) is 58.4 Å². The van der Waals surface area contributed by atoms with Gasteiger partial charge >= 0.3 is 0 Å². The number of rotatable bonds is 2. The summed E-state index contributed by atoms with van der Waals surface area (Å²) in [6.45, 7) is 8.54. The van der Waals surface area contributed by atoms with E-state index in [1.165, 1.54) is 12.8 Å². The van der Waals surface area contributed by atoms with Crippen molar-refractivity contribution in [2.75, 3.05) is 0 Å². The van der Waals surface area contributed by atoms with Crippen molar-refractivity contribution < 1.29 is 0 Å². The Kier molecular flexibility index (Phi) is 6.84. The average molecular weight is 166 g/mol. The molecule has 0 amide bonds. The van der Waals surface area contributed by atoms with Crippen molar-refractivity contribution in [2.24, 2.45) is 11.8 Å². The summed E-state index contributed by atoms with van der Waals surface area (Å²) in [5, 5.41) is 0. The van der Waals surface area contributed by atoms with Crippen LogP contribution in [0.5, 0.6) is 0 Å². The van der Waals surface area contributed by atoms with E-state index < -0.39 is 0 Å². The molecule has 0 saturated heterocycles. The van der Waals surface area contributed by atoms with Crippen LogP contribution < -0.4 is 0 Å². The molecule has 1 rings (SSSR count). The summed E-state index contributed by atoms with van der Waals surface area (Å²) in [7, 11) is 0. The summed E-state index contributed by atoms with van der Waals surface area (Å²) in [4.78, 5) is 0. The molecule has 70 valence electrons. The van der Waals surface area contributed by atoms with Crippen molar-refractivity contribution >= 4 is 0 Å². The molecule has 12 heavy (non-hydrogen) atoms. The molecule has 0 N–H and O–H groups in total. The third-order valence-electron chi connectivity index (χ3n) is 2.18. The van der Waals surface area contributed by atoms with E-state index in [1.54, 1.807) is 0 Å². The summed E-state index contributed by atoms with van der Waals surface area (Å²) < 4.78 is 0. The molecular formula is C12H22. The lowest BCUT2D eigenvalue weighted by molar-refractivity contribution is 0.466. The molecule has 0 spiro atoms. The molecule has 0 radical (unpaired) electrons. The van der Waals surface area contributed by atoms with Crippen LogP contribution >= 0.6 is 0 Å². The molecule has 1 aliphatic rings. The summed E-state index contributed by atoms with van der Waals surface area (Å²) in [6.07, 6.45) is 11.6. The van der Waals surface area contributed by atoms with Crippen LogP contribution in [-0.2, 0) is 0 Å². The van der Waals surface area contributed by atoms with Crippen molar-refractivity contribution in [1.82, 2.24) is 0 Å². The van der Waals surface area contributed by atoms with Gasteiger partial charge in [0.25, 0.3) is 0 Å². The molecular weight excluding hydrogens is 144 g/mol. The minimum Gasteiger partial charge on any atom is -0.0811 e. The van der Waals surface area contributed by atoms with Gasteiger partial charge in [-0.3, -0.25) is 0 Å². The fraction of sp³-hybridized carbons (Fsp3) is 0.667. The molecule has 0 nitrogen and oxygen atoms in total. The van der Waals surface area contributed by atoms with Crippen molar-refractivity contribution in [1.29, 1.82) is 0 Å². The third-order valence-corrected chi connectivity index (χ3v) is 2.18. The quantitative estimate of drug-likeness (QED) is 0.577. The van der Waals surface area contributed by atoms with Crippen molar-refractivity contribution in [3.8, 4) is 0 Å². The van der Waals surface area contributed by atoms with E-state index in [2.05, 4.69) is 38.2 Å². The predicted octanol–water partition coefficient (Wildman–Crippen LogP) is 4.19. The van der Waals surface area contributed by atoms with Gasteiger partial charge in [-0.2, -0.15) is 0 Å². The van der Waals surface area contributed by atoms with Crippen LogP contribution in [0.15, 0.2) is 24.3 Å². The van der Waals surface area contributed by atoms with Crippen LogP contribution in [0.25, 0.3) is 0 Å². The Bertz CT molecular complexity index is 142. The molecule has 0 aromatic heterocycles. The third kappa shape index (κ3) is 3.75. The largest absolute Gasteiger partial charge is 0.0811 e. The fourth-order valence-electron chi connectivity index (χ4n) is 1.46. The highest BCUT2D eigenvalue weighted by molar-refractivity contribution is 5.13. The second-order valence-electron chi connectivity index (χ2n) is 3.08. The van der Waals surface area contributed by atoms with Gasteiger partial charge in [-0.15, -0.1) is 0 Å². The van der Waals surface area contributed by atoms with E-state index in [4.69, 9.17) is 0 Å². The SMILES string of the molecule is CC.CCCC1C=CC=CC1C. The summed E-state index contributed by atoms with van der Waals surface area (Å²) >= 11 is 0. The van der Waals surface area contributed by atoms with Gasteiger partial charge in [0.1, 0.15) is 0 Å². The van der Waals surface area contributed by atoms with E-state index in [0.29, 0.717) is 0 Å². The topological polar surface area (TPSA) is 0 Å². The highest BCUT2D eigenvalue weighted by Crippen LogP contribution is 2.22. The first kappa shape index (κ1) is 11.5. The van der Waals surface area contributed by atoms with Gasteiger partial charge in [0.15, 0.2) is 0 Å². The lowest BCUT2D eigenvalue weighted by Gasteiger charge is -2.18. The molecule has 0 aromatic carbocycles. The van der Waals surface area contributed by atoms with E-state index in [9.17, 15) is 0 Å². The monoisotopic (exact) mass is 166 g/mol. The second kappa shape index (κ2) is 7.15. The smallest absolute Gasteiger partial charge is 0.0170 e. The zero-order chi connectivity index (χ0) is 9.40. The van der Waals surface area contributed by atoms with Crippen LogP contribution in [0, 0.1) is 11.8 Å². The van der Waals surface area contributed by atoms with Crippen molar-refractivity contribution in [3.05, 3.63) is 24.3 Å². The first-order valence-corrected chi connectivity index (χ1v) is 5.19. The maximum atomic E-state index is 2.33. The minimum atomic E-state index is 0.755. The van der Waals surface area contributed by atoms with Crippen LogP contribution in [0.3, 0.4) is 0 Å². The van der Waals surface area contributed by atoms with Crippen LogP contribution in [0.2, 0.25) is 0 Å². The van der Waals surface area contributed by atoms with Gasteiger partial charge in [-0.05, 0) is 18.3 Å². The van der Waals surface area contributed by atoms with E-state index in [-0.39, 0.29) is 0 Å². The zero-order valence-corrected chi connectivity index (χ0v) is 8.88. The van der Waals surface area contributed by atoms with E-state index in [0.717, 1.165) is 11.8 Å². The molecule has 0 heterocycles. The Morgan fingerprint density at radius 3 is 2.17 bits per heavy atom. The lowest BCUT2D eigenvalue weighted by atomic mass is 9.87. The van der Waals surface area contributed by atoms with Crippen LogP contribution in [0.4, 0.5) is 0 Å². The molecule has 0 aromatic rings. The summed E-state index contributed by atoms with van der Waals surface area (Å²) in [5.41, 5.74) is 0. The maximum absolute atomic E-state index is 2.33. The van der Waals surface area contributed by atoms with Gasteiger partial charge in [0, 0.05) is 0 Å². The number of allylic oxidation sites excluding steroid dienone is 4. The molecule has 1 aliphatic carbocycles. The molecule has 0 aliphatic heterocycles. The van der Waals surface area contributed by atoms with Gasteiger partial charge < -0.3 is 0 Å². The molecule has 0 bridgehead atoms. The molecule has 0 fully saturated rings. The van der Waals surface area contributed by atoms with Gasteiger partial charge in [0.2, 0.25) is 0 Å². The van der Waals surface area contributed by atoms with Crippen LogP contribution in [-0.4, -0.2) is 0 Å². The van der Waals surface area contributed by atoms with Crippen molar-refractivity contribution in [2.45, 2.75) is 40.5 Å². The van der Waals surface area contributed by atoms with E-state index in [1.807, 2.05) is 13.8 Å². The number of hydrogen-bond acceptors (Lipinski definition) is 0. The highest BCUT2D eigenvalue weighted by Gasteiger charge is 2.11. The Morgan fingerprint density at radius 2 is 1.67 bits per heavy atom. The van der Waals surface area contributed by atoms with Gasteiger partial charge in [0.05, 0.1) is 0 Å².